The highest BCUT2D eigenvalue weighted by Gasteiger charge is 2.29. The number of hydrogen-bond donors (Lipinski definition) is 0. The molecule has 2 aromatic carbocycles. The molecule has 0 bridgehead atoms. The van der Waals surface area contributed by atoms with E-state index in [0.717, 1.165) is 53.4 Å². The van der Waals surface area contributed by atoms with Crippen LogP contribution < -0.4 is 9.64 Å². The Morgan fingerprint density at radius 1 is 1.15 bits per heavy atom. The average Bonchev–Trinajstić information content (AvgIpc) is 3.51. The standard InChI is InChI=1S/C22H22N3O/c1-14-6-9-19-18(12-14)22(24-21(23-19)15-7-8-15)25-11-10-17-16(13-25)4-3-5-20(17)26-2/h3-6,9,12,15H,1,7-8,10-11,13H2,2H3. The summed E-state index contributed by atoms with van der Waals surface area (Å²) >= 11 is 0. The largest absolute Gasteiger partial charge is 0.496 e. The lowest BCUT2D eigenvalue weighted by atomic mass is 9.98. The van der Waals surface area contributed by atoms with E-state index in [4.69, 9.17) is 14.7 Å². The van der Waals surface area contributed by atoms with E-state index in [1.807, 2.05) is 6.07 Å². The number of fused-ring (bicyclic) bond motifs is 2. The molecule has 1 aliphatic carbocycles. The molecule has 26 heavy (non-hydrogen) atoms. The van der Waals surface area contributed by atoms with Crippen LogP contribution in [0.3, 0.4) is 0 Å². The minimum atomic E-state index is 0.537. The first kappa shape index (κ1) is 15.6. The number of ether oxygens (including phenoxy) is 1. The van der Waals surface area contributed by atoms with Gasteiger partial charge in [-0.15, -0.1) is 0 Å². The Kier molecular flexibility index (Phi) is 3.59. The molecule has 4 nitrogen and oxygen atoms in total. The lowest BCUT2D eigenvalue weighted by Gasteiger charge is -2.31. The van der Waals surface area contributed by atoms with Crippen molar-refractivity contribution in [3.8, 4) is 5.75 Å². The van der Waals surface area contributed by atoms with Crippen LogP contribution in [-0.4, -0.2) is 23.6 Å². The molecule has 5 rings (SSSR count). The van der Waals surface area contributed by atoms with Gasteiger partial charge in [-0.05, 0) is 55.5 Å². The second kappa shape index (κ2) is 5.97. The van der Waals surface area contributed by atoms with Gasteiger partial charge in [0, 0.05) is 30.0 Å². The SMILES string of the molecule is [CH2]c1ccc2nc(C3CC3)nc(N3CCc4c(cccc4OC)C3)c2c1. The number of hydrogen-bond acceptors (Lipinski definition) is 4. The van der Waals surface area contributed by atoms with E-state index < -0.39 is 0 Å². The topological polar surface area (TPSA) is 38.2 Å². The Balaban J connectivity index is 1.61. The molecule has 0 atom stereocenters. The predicted octanol–water partition coefficient (Wildman–Crippen LogP) is 4.26. The Hall–Kier alpha value is -2.62. The maximum atomic E-state index is 5.55. The third-order valence-corrected chi connectivity index (χ3v) is 5.44. The summed E-state index contributed by atoms with van der Waals surface area (Å²) in [4.78, 5) is 12.2. The molecule has 131 valence electrons. The summed E-state index contributed by atoms with van der Waals surface area (Å²) in [6.07, 6.45) is 3.38. The highest BCUT2D eigenvalue weighted by molar-refractivity contribution is 5.90. The van der Waals surface area contributed by atoms with Crippen LogP contribution >= 0.6 is 0 Å². The van der Waals surface area contributed by atoms with E-state index in [1.54, 1.807) is 7.11 Å². The smallest absolute Gasteiger partial charge is 0.140 e. The summed E-state index contributed by atoms with van der Waals surface area (Å²) in [6, 6.07) is 12.5. The zero-order valence-corrected chi connectivity index (χ0v) is 15.0. The molecule has 1 radical (unpaired) electrons. The van der Waals surface area contributed by atoms with Gasteiger partial charge >= 0.3 is 0 Å². The molecular formula is C22H22N3O. The third kappa shape index (κ3) is 2.61. The number of aromatic nitrogens is 2. The van der Waals surface area contributed by atoms with Crippen molar-refractivity contribution in [2.45, 2.75) is 31.7 Å². The fraction of sp³-hybridized carbons (Fsp3) is 0.318. The van der Waals surface area contributed by atoms with E-state index in [2.05, 4.69) is 42.2 Å². The third-order valence-electron chi connectivity index (χ3n) is 5.44. The number of methoxy groups -OCH3 is 1. The minimum Gasteiger partial charge on any atom is -0.496 e. The average molecular weight is 344 g/mol. The van der Waals surface area contributed by atoms with Crippen molar-refractivity contribution >= 4 is 16.7 Å². The first-order valence-electron chi connectivity index (χ1n) is 9.26. The molecule has 1 saturated carbocycles. The monoisotopic (exact) mass is 344 g/mol. The van der Waals surface area contributed by atoms with E-state index in [0.29, 0.717) is 5.92 Å². The number of anilines is 1. The van der Waals surface area contributed by atoms with Crippen LogP contribution in [0, 0.1) is 6.92 Å². The van der Waals surface area contributed by atoms with Crippen molar-refractivity contribution in [3.63, 3.8) is 0 Å². The lowest BCUT2D eigenvalue weighted by Crippen LogP contribution is -2.31. The first-order valence-corrected chi connectivity index (χ1v) is 9.26. The summed E-state index contributed by atoms with van der Waals surface area (Å²) in [6.45, 7) is 5.88. The van der Waals surface area contributed by atoms with E-state index >= 15 is 0 Å². The normalized spacial score (nSPS) is 16.6. The molecule has 0 unspecified atom stereocenters. The zero-order chi connectivity index (χ0) is 17.7. The van der Waals surface area contributed by atoms with Gasteiger partial charge in [0.15, 0.2) is 0 Å². The summed E-state index contributed by atoms with van der Waals surface area (Å²) in [5.41, 5.74) is 4.67. The van der Waals surface area contributed by atoms with Crippen molar-refractivity contribution in [1.82, 2.24) is 9.97 Å². The molecule has 0 spiro atoms. The molecule has 1 fully saturated rings. The van der Waals surface area contributed by atoms with Crippen LogP contribution in [0.15, 0.2) is 36.4 Å². The van der Waals surface area contributed by atoms with Crippen LogP contribution in [0.4, 0.5) is 5.82 Å². The second-order valence-electron chi connectivity index (χ2n) is 7.30. The van der Waals surface area contributed by atoms with Gasteiger partial charge in [0.1, 0.15) is 17.4 Å². The van der Waals surface area contributed by atoms with E-state index in [9.17, 15) is 0 Å². The van der Waals surface area contributed by atoms with Gasteiger partial charge in [-0.2, -0.15) is 0 Å². The molecule has 3 aromatic rings. The molecule has 0 N–H and O–H groups in total. The fourth-order valence-electron chi connectivity index (χ4n) is 3.89. The van der Waals surface area contributed by atoms with Crippen molar-refractivity contribution in [3.05, 3.63) is 65.8 Å². The van der Waals surface area contributed by atoms with Crippen LogP contribution in [0.25, 0.3) is 10.9 Å². The highest BCUT2D eigenvalue weighted by atomic mass is 16.5. The van der Waals surface area contributed by atoms with Gasteiger partial charge in [-0.25, -0.2) is 9.97 Å². The van der Waals surface area contributed by atoms with E-state index in [1.165, 1.54) is 24.0 Å². The summed E-state index contributed by atoms with van der Waals surface area (Å²) in [5.74, 6) is 3.58. The molecule has 0 amide bonds. The Bertz CT molecular complexity index is 994. The number of rotatable bonds is 3. The second-order valence-corrected chi connectivity index (χ2v) is 7.30. The van der Waals surface area contributed by atoms with Crippen molar-refractivity contribution in [1.29, 1.82) is 0 Å². The zero-order valence-electron chi connectivity index (χ0n) is 15.0. The van der Waals surface area contributed by atoms with Crippen LogP contribution in [0.2, 0.25) is 0 Å². The summed E-state index contributed by atoms with van der Waals surface area (Å²) in [5, 5.41) is 1.10. The number of nitrogens with zero attached hydrogens (tertiary/aromatic N) is 3. The lowest BCUT2D eigenvalue weighted by molar-refractivity contribution is 0.407. The molecule has 2 aliphatic rings. The van der Waals surface area contributed by atoms with Gasteiger partial charge in [-0.3, -0.25) is 0 Å². The Labute approximate surface area is 153 Å². The van der Waals surface area contributed by atoms with Gasteiger partial charge in [0.05, 0.1) is 12.6 Å². The Morgan fingerprint density at radius 3 is 2.85 bits per heavy atom. The van der Waals surface area contributed by atoms with Crippen LogP contribution in [0.1, 0.15) is 41.3 Å². The molecular weight excluding hydrogens is 322 g/mol. The van der Waals surface area contributed by atoms with Gasteiger partial charge in [0.25, 0.3) is 0 Å². The minimum absolute atomic E-state index is 0.537. The number of benzene rings is 2. The quantitative estimate of drug-likeness (QED) is 0.711. The molecule has 4 heteroatoms. The Morgan fingerprint density at radius 2 is 2.04 bits per heavy atom. The van der Waals surface area contributed by atoms with Crippen molar-refractivity contribution in [2.75, 3.05) is 18.6 Å². The maximum Gasteiger partial charge on any atom is 0.140 e. The fourth-order valence-corrected chi connectivity index (χ4v) is 3.89. The summed E-state index contributed by atoms with van der Waals surface area (Å²) < 4.78 is 5.55. The molecule has 2 heterocycles. The van der Waals surface area contributed by atoms with Crippen LogP contribution in [0.5, 0.6) is 5.75 Å². The maximum absolute atomic E-state index is 5.55. The van der Waals surface area contributed by atoms with Gasteiger partial charge in [-0.1, -0.05) is 18.2 Å². The molecule has 1 aliphatic heterocycles. The van der Waals surface area contributed by atoms with Crippen molar-refractivity contribution < 1.29 is 4.74 Å². The molecule has 1 aromatic heterocycles. The van der Waals surface area contributed by atoms with Crippen molar-refractivity contribution in [2.24, 2.45) is 0 Å². The first-order chi connectivity index (χ1) is 12.7. The van der Waals surface area contributed by atoms with E-state index in [-0.39, 0.29) is 0 Å². The summed E-state index contributed by atoms with van der Waals surface area (Å²) in [7, 11) is 1.75. The highest BCUT2D eigenvalue weighted by Crippen LogP contribution is 2.40. The van der Waals surface area contributed by atoms with Crippen LogP contribution in [-0.2, 0) is 13.0 Å². The van der Waals surface area contributed by atoms with Gasteiger partial charge < -0.3 is 9.64 Å². The molecule has 0 saturated heterocycles. The predicted molar refractivity (Wildman–Crippen MR) is 104 cm³/mol. The van der Waals surface area contributed by atoms with Gasteiger partial charge in [0.2, 0.25) is 0 Å².